The number of para-hydroxylation sites is 1. The van der Waals surface area contributed by atoms with Gasteiger partial charge in [0.25, 0.3) is 5.91 Å². The molecule has 120 valence electrons. The molecule has 22 heavy (non-hydrogen) atoms. The largest absolute Gasteiger partial charge is 0.384 e. The van der Waals surface area contributed by atoms with Crippen LogP contribution in [0, 0.1) is 5.92 Å². The molecule has 1 fully saturated rings. The number of nitrogens with zero attached hydrogens (tertiary/aromatic N) is 1. The van der Waals surface area contributed by atoms with Crippen molar-refractivity contribution in [3.63, 3.8) is 0 Å². The quantitative estimate of drug-likeness (QED) is 0.885. The minimum absolute atomic E-state index is 0.0122. The predicted molar refractivity (Wildman–Crippen MR) is 87.4 cm³/mol. The van der Waals surface area contributed by atoms with Crippen molar-refractivity contribution < 1.29 is 9.53 Å². The van der Waals surface area contributed by atoms with E-state index in [9.17, 15) is 4.79 Å². The normalized spacial score (nSPS) is 22.3. The molecule has 0 unspecified atom stereocenters. The molecule has 5 nitrogen and oxygen atoms in total. The maximum Gasteiger partial charge on any atom is 0.253 e. The average Bonchev–Trinajstić information content (AvgIpc) is 2.76. The highest BCUT2D eigenvalue weighted by atomic mass is 16.5. The second kappa shape index (κ2) is 7.11. The molecule has 3 rings (SSSR count). The Bertz CT molecular complexity index is 533. The maximum absolute atomic E-state index is 12.5. The molecule has 0 spiro atoms. The number of anilines is 1. The molecule has 0 saturated carbocycles. The summed E-state index contributed by atoms with van der Waals surface area (Å²) in [5, 5.41) is 6.45. The van der Waals surface area contributed by atoms with Crippen LogP contribution in [0.4, 0.5) is 5.69 Å². The number of aryl methyl sites for hydroxylation is 1. The molecule has 2 heterocycles. The zero-order valence-electron chi connectivity index (χ0n) is 13.2. The predicted octanol–water partition coefficient (Wildman–Crippen LogP) is 1.35. The van der Waals surface area contributed by atoms with Crippen LogP contribution in [0.1, 0.15) is 22.3 Å². The third-order valence-electron chi connectivity index (χ3n) is 4.41. The van der Waals surface area contributed by atoms with Crippen LogP contribution in [0.15, 0.2) is 18.2 Å². The van der Waals surface area contributed by atoms with Gasteiger partial charge in [-0.3, -0.25) is 4.79 Å². The van der Waals surface area contributed by atoms with Gasteiger partial charge < -0.3 is 20.3 Å². The number of carbonyl (C=O) groups excluding carboxylic acids is 1. The number of fused-ring (bicyclic) bond motifs is 1. The average molecular weight is 303 g/mol. The van der Waals surface area contributed by atoms with Gasteiger partial charge in [-0.25, -0.2) is 0 Å². The van der Waals surface area contributed by atoms with Crippen LogP contribution < -0.4 is 10.6 Å². The molecule has 2 N–H and O–H groups in total. The first-order valence-electron chi connectivity index (χ1n) is 8.14. The van der Waals surface area contributed by atoms with Crippen LogP contribution in [0.5, 0.6) is 0 Å². The van der Waals surface area contributed by atoms with Crippen LogP contribution in [0.2, 0.25) is 0 Å². The molecular weight excluding hydrogens is 278 g/mol. The summed E-state index contributed by atoms with van der Waals surface area (Å²) in [6.45, 7) is 5.02. The van der Waals surface area contributed by atoms with Crippen molar-refractivity contribution in [1.29, 1.82) is 0 Å². The minimum atomic E-state index is 0.0122. The highest BCUT2D eigenvalue weighted by Gasteiger charge is 2.20. The van der Waals surface area contributed by atoms with Gasteiger partial charge in [0.1, 0.15) is 0 Å². The Kier molecular flexibility index (Phi) is 4.95. The lowest BCUT2D eigenvalue weighted by molar-refractivity contribution is 0.0922. The van der Waals surface area contributed by atoms with Gasteiger partial charge in [0, 0.05) is 32.1 Å². The lowest BCUT2D eigenvalue weighted by atomic mass is 9.99. The van der Waals surface area contributed by atoms with Crippen molar-refractivity contribution in [1.82, 2.24) is 10.2 Å². The van der Waals surface area contributed by atoms with Crippen molar-refractivity contribution in [2.75, 3.05) is 51.8 Å². The second-order valence-corrected chi connectivity index (χ2v) is 6.28. The third kappa shape index (κ3) is 3.59. The van der Waals surface area contributed by atoms with Crippen molar-refractivity contribution in [2.24, 2.45) is 5.92 Å². The number of hydrogen-bond acceptors (Lipinski definition) is 4. The van der Waals surface area contributed by atoms with Crippen LogP contribution in [0.3, 0.4) is 0 Å². The first kappa shape index (κ1) is 15.3. The van der Waals surface area contributed by atoms with Crippen LogP contribution in [0.25, 0.3) is 0 Å². The molecular formula is C17H25N3O2. The lowest BCUT2D eigenvalue weighted by Crippen LogP contribution is -2.36. The summed E-state index contributed by atoms with van der Waals surface area (Å²) in [6, 6.07) is 5.98. The van der Waals surface area contributed by atoms with Gasteiger partial charge in [-0.1, -0.05) is 12.1 Å². The van der Waals surface area contributed by atoms with Gasteiger partial charge in [0.15, 0.2) is 0 Å². The summed E-state index contributed by atoms with van der Waals surface area (Å²) in [4.78, 5) is 14.8. The van der Waals surface area contributed by atoms with E-state index in [0.717, 1.165) is 56.9 Å². The molecule has 2 aliphatic rings. The molecule has 1 atom stereocenters. The number of likely N-dealkylation sites (N-methyl/N-ethyl adjacent to an activating group) is 1. The number of ether oxygens (including phenoxy) is 1. The number of hydrogen-bond donors (Lipinski definition) is 2. The standard InChI is InChI=1S/C17H25N3O2/c1-20-8-9-22-12-13(11-20)10-19-17(21)15-6-2-4-14-5-3-7-18-16(14)15/h2,4,6,13,18H,3,5,7-12H2,1H3,(H,19,21)/t13-/m1/s1. The van der Waals surface area contributed by atoms with Gasteiger partial charge >= 0.3 is 0 Å². The van der Waals surface area contributed by atoms with E-state index >= 15 is 0 Å². The van der Waals surface area contributed by atoms with E-state index in [-0.39, 0.29) is 5.91 Å². The van der Waals surface area contributed by atoms with Gasteiger partial charge in [-0.05, 0) is 31.5 Å². The molecule has 1 aromatic rings. The van der Waals surface area contributed by atoms with E-state index in [1.165, 1.54) is 5.56 Å². The molecule has 1 aromatic carbocycles. The van der Waals surface area contributed by atoms with Crippen molar-refractivity contribution in [3.05, 3.63) is 29.3 Å². The summed E-state index contributed by atoms with van der Waals surface area (Å²) >= 11 is 0. The SMILES string of the molecule is CN1CCOC[C@H](CNC(=O)c2cccc3c2NCCC3)C1. The van der Waals surface area contributed by atoms with Crippen molar-refractivity contribution in [3.8, 4) is 0 Å². The Balaban J connectivity index is 1.62. The molecule has 1 saturated heterocycles. The zero-order chi connectivity index (χ0) is 15.4. The van der Waals surface area contributed by atoms with Crippen molar-refractivity contribution in [2.45, 2.75) is 12.8 Å². The molecule has 0 bridgehead atoms. The van der Waals surface area contributed by atoms with Crippen LogP contribution >= 0.6 is 0 Å². The molecule has 5 heteroatoms. The summed E-state index contributed by atoms with van der Waals surface area (Å²) in [5.41, 5.74) is 3.03. The van der Waals surface area contributed by atoms with Gasteiger partial charge in [0.05, 0.1) is 24.5 Å². The van der Waals surface area contributed by atoms with E-state index < -0.39 is 0 Å². The summed E-state index contributed by atoms with van der Waals surface area (Å²) in [7, 11) is 2.10. The third-order valence-corrected chi connectivity index (χ3v) is 4.41. The van der Waals surface area contributed by atoms with Gasteiger partial charge in [-0.15, -0.1) is 0 Å². The summed E-state index contributed by atoms with van der Waals surface area (Å²) in [5.74, 6) is 0.363. The van der Waals surface area contributed by atoms with Crippen molar-refractivity contribution >= 4 is 11.6 Å². The smallest absolute Gasteiger partial charge is 0.253 e. The highest BCUT2D eigenvalue weighted by Crippen LogP contribution is 2.25. The minimum Gasteiger partial charge on any atom is -0.384 e. The number of rotatable bonds is 3. The van der Waals surface area contributed by atoms with E-state index in [2.05, 4.69) is 28.6 Å². The molecule has 1 amide bonds. The lowest BCUT2D eigenvalue weighted by Gasteiger charge is -2.22. The summed E-state index contributed by atoms with van der Waals surface area (Å²) < 4.78 is 5.60. The fraction of sp³-hybridized carbons (Fsp3) is 0.588. The Morgan fingerprint density at radius 1 is 1.50 bits per heavy atom. The molecule has 0 aromatic heterocycles. The second-order valence-electron chi connectivity index (χ2n) is 6.28. The van der Waals surface area contributed by atoms with E-state index in [1.807, 2.05) is 12.1 Å². The van der Waals surface area contributed by atoms with Gasteiger partial charge in [-0.2, -0.15) is 0 Å². The molecule has 2 aliphatic heterocycles. The molecule has 0 radical (unpaired) electrons. The Hall–Kier alpha value is -1.59. The zero-order valence-corrected chi connectivity index (χ0v) is 13.2. The van der Waals surface area contributed by atoms with E-state index in [0.29, 0.717) is 12.5 Å². The maximum atomic E-state index is 12.5. The Labute approximate surface area is 132 Å². The first-order chi connectivity index (χ1) is 10.7. The Morgan fingerprint density at radius 2 is 2.41 bits per heavy atom. The topological polar surface area (TPSA) is 53.6 Å². The summed E-state index contributed by atoms with van der Waals surface area (Å²) in [6.07, 6.45) is 2.18. The van der Waals surface area contributed by atoms with Crippen LogP contribution in [-0.2, 0) is 11.2 Å². The monoisotopic (exact) mass is 303 g/mol. The Morgan fingerprint density at radius 3 is 3.32 bits per heavy atom. The molecule has 0 aliphatic carbocycles. The van der Waals surface area contributed by atoms with E-state index in [1.54, 1.807) is 0 Å². The van der Waals surface area contributed by atoms with E-state index in [4.69, 9.17) is 4.74 Å². The number of carbonyl (C=O) groups is 1. The number of amides is 1. The number of benzene rings is 1. The highest BCUT2D eigenvalue weighted by molar-refractivity contribution is 6.00. The number of nitrogens with one attached hydrogen (secondary N) is 2. The first-order valence-corrected chi connectivity index (χ1v) is 8.14. The fourth-order valence-electron chi connectivity index (χ4n) is 3.21. The van der Waals surface area contributed by atoms with Gasteiger partial charge in [0.2, 0.25) is 0 Å². The fourth-order valence-corrected chi connectivity index (χ4v) is 3.21. The van der Waals surface area contributed by atoms with Crippen LogP contribution in [-0.4, -0.2) is 57.2 Å².